The van der Waals surface area contributed by atoms with Gasteiger partial charge in [0.25, 0.3) is 0 Å². The Balaban J connectivity index is 1.70. The summed E-state index contributed by atoms with van der Waals surface area (Å²) in [5, 5.41) is 0.144. The van der Waals surface area contributed by atoms with E-state index >= 15 is 4.79 Å². The number of ether oxygens (including phenoxy) is 9. The summed E-state index contributed by atoms with van der Waals surface area (Å²) in [5.41, 5.74) is 2.75. The molecule has 12 nitrogen and oxygen atoms in total. The lowest BCUT2D eigenvalue weighted by atomic mass is 9.78. The van der Waals surface area contributed by atoms with Gasteiger partial charge >= 0.3 is 0 Å². The predicted octanol–water partition coefficient (Wildman–Crippen LogP) is 14.8. The molecule has 2 aliphatic rings. The fourth-order valence-electron chi connectivity index (χ4n) is 9.73. The van der Waals surface area contributed by atoms with Crippen LogP contribution in [-0.2, 0) is 61.9 Å². The van der Waals surface area contributed by atoms with E-state index in [4.69, 9.17) is 74.7 Å². The van der Waals surface area contributed by atoms with E-state index in [9.17, 15) is 0 Å². The third-order valence-electron chi connectivity index (χ3n) is 16.7. The molecule has 436 valence electrons. The molecule has 0 bridgehead atoms. The Labute approximate surface area is 480 Å². The number of benzene rings is 3. The molecule has 2 aliphatic heterocycles. The smallest absolute Gasteiger partial charge is 0.199 e. The summed E-state index contributed by atoms with van der Waals surface area (Å²) >= 11 is 12.6. The minimum absolute atomic E-state index is 0.0119. The van der Waals surface area contributed by atoms with Crippen LogP contribution in [0.5, 0.6) is 17.2 Å². The predicted molar refractivity (Wildman–Crippen MR) is 318 cm³/mol. The van der Waals surface area contributed by atoms with Crippen molar-refractivity contribution in [1.82, 2.24) is 0 Å². The van der Waals surface area contributed by atoms with Crippen LogP contribution in [0.2, 0.25) is 36.3 Å². The van der Waals surface area contributed by atoms with Crippen LogP contribution in [0.25, 0.3) is 0 Å². The SMILES string of the molecule is C=C(Cl)/C=C/[C@H](CC(=O)C[C@H]1O[C@@H]([C@H](OCc2ccc(OC)cc2)[C@@]2(OC)C[C@H](O[Si](C)(C)C(C)(C)C)[C@@H](C)[C@@H](CCCCCl)O2)[C@H](C)[C@@H](OCc2ccc(OC)cc2)[C@@H]1OCc1ccc(OC)cc1)O[Si](C)(C)C(C)(C)C. The van der Waals surface area contributed by atoms with E-state index in [0.717, 1.165) is 53.2 Å². The zero-order valence-corrected chi connectivity index (χ0v) is 53.3. The fraction of sp³-hybridized carbons (Fsp3) is 0.629. The van der Waals surface area contributed by atoms with Crippen LogP contribution in [0.4, 0.5) is 0 Å². The fourth-order valence-corrected chi connectivity index (χ4v) is 12.7. The molecule has 0 saturated carbocycles. The number of methoxy groups -OCH3 is 4. The van der Waals surface area contributed by atoms with Crippen LogP contribution in [0.1, 0.15) is 111 Å². The van der Waals surface area contributed by atoms with E-state index in [2.05, 4.69) is 88.2 Å². The maximum absolute atomic E-state index is 15.1. The van der Waals surface area contributed by atoms with E-state index < -0.39 is 65.0 Å². The van der Waals surface area contributed by atoms with Crippen LogP contribution in [-0.4, -0.2) is 111 Å². The maximum atomic E-state index is 15.1. The zero-order valence-electron chi connectivity index (χ0n) is 49.8. The van der Waals surface area contributed by atoms with Gasteiger partial charge in [0, 0.05) is 49.1 Å². The van der Waals surface area contributed by atoms with Gasteiger partial charge in [0.15, 0.2) is 22.4 Å². The number of Topliss-reactive ketones (excluding diaryl/α,β-unsaturated/α-hetero) is 1. The number of hydrogen-bond acceptors (Lipinski definition) is 12. The molecule has 0 amide bonds. The third-order valence-corrected chi connectivity index (χ3v) is 26.1. The quantitative estimate of drug-likeness (QED) is 0.0285. The lowest BCUT2D eigenvalue weighted by molar-refractivity contribution is -0.367. The second kappa shape index (κ2) is 29.2. The highest BCUT2D eigenvalue weighted by molar-refractivity contribution is 6.74. The van der Waals surface area contributed by atoms with Crippen molar-refractivity contribution in [1.29, 1.82) is 0 Å². The molecule has 0 aliphatic carbocycles. The van der Waals surface area contributed by atoms with E-state index in [1.165, 1.54) is 0 Å². The number of hydrogen-bond donors (Lipinski definition) is 0. The highest BCUT2D eigenvalue weighted by Gasteiger charge is 2.60. The van der Waals surface area contributed by atoms with Crippen molar-refractivity contribution < 1.29 is 56.3 Å². The van der Waals surface area contributed by atoms with Crippen molar-refractivity contribution in [2.45, 2.75) is 205 Å². The number of unbranched alkanes of at least 4 members (excludes halogenated alkanes) is 1. The van der Waals surface area contributed by atoms with E-state index in [0.29, 0.717) is 17.3 Å². The van der Waals surface area contributed by atoms with Gasteiger partial charge in [0.1, 0.15) is 35.2 Å². The summed E-state index contributed by atoms with van der Waals surface area (Å²) in [6.45, 7) is 31.1. The Morgan fingerprint density at radius 2 is 1.23 bits per heavy atom. The summed E-state index contributed by atoms with van der Waals surface area (Å²) in [6.07, 6.45) is 1.31. The van der Waals surface area contributed by atoms with Gasteiger partial charge in [0.2, 0.25) is 0 Å². The Hall–Kier alpha value is -3.10. The number of alkyl halides is 1. The molecule has 5 rings (SSSR count). The normalized spacial score (nSPS) is 25.2. The first-order chi connectivity index (χ1) is 36.7. The Kier molecular flexibility index (Phi) is 24.6. The van der Waals surface area contributed by atoms with Crippen molar-refractivity contribution in [2.24, 2.45) is 11.8 Å². The summed E-state index contributed by atoms with van der Waals surface area (Å²) in [7, 11) is 1.87. The topological polar surface area (TPSA) is 119 Å². The van der Waals surface area contributed by atoms with E-state index in [1.54, 1.807) is 34.5 Å². The van der Waals surface area contributed by atoms with Gasteiger partial charge in [-0.3, -0.25) is 4.79 Å². The zero-order chi connectivity index (χ0) is 57.6. The molecule has 3 aromatic rings. The van der Waals surface area contributed by atoms with Crippen molar-refractivity contribution >= 4 is 45.6 Å². The second-order valence-corrected chi connectivity index (χ2v) is 34.7. The first-order valence-corrected chi connectivity index (χ1v) is 34.5. The number of ketones is 1. The van der Waals surface area contributed by atoms with Gasteiger partial charge < -0.3 is 51.5 Å². The molecule has 11 atom stereocenters. The molecular formula is C62H94Cl2O12Si2. The van der Waals surface area contributed by atoms with Crippen LogP contribution < -0.4 is 14.2 Å². The molecule has 0 aromatic heterocycles. The Bertz CT molecular complexity index is 2340. The number of carbonyl (C=O) groups is 1. The van der Waals surface area contributed by atoms with Crippen LogP contribution in [0.3, 0.4) is 0 Å². The van der Waals surface area contributed by atoms with Crippen molar-refractivity contribution in [2.75, 3.05) is 34.3 Å². The lowest BCUT2D eigenvalue weighted by Gasteiger charge is -2.55. The summed E-state index contributed by atoms with van der Waals surface area (Å²) < 4.78 is 74.4. The van der Waals surface area contributed by atoms with Crippen LogP contribution in [0.15, 0.2) is 96.6 Å². The molecule has 16 heteroatoms. The summed E-state index contributed by atoms with van der Waals surface area (Å²) in [5.74, 6) is 0.822. The van der Waals surface area contributed by atoms with Gasteiger partial charge in [-0.2, -0.15) is 0 Å². The van der Waals surface area contributed by atoms with Crippen molar-refractivity contribution in [3.63, 3.8) is 0 Å². The molecule has 2 heterocycles. The molecule has 78 heavy (non-hydrogen) atoms. The average molecular weight is 1160 g/mol. The van der Waals surface area contributed by atoms with Crippen LogP contribution >= 0.6 is 23.2 Å². The summed E-state index contributed by atoms with van der Waals surface area (Å²) in [4.78, 5) is 15.1. The first kappa shape index (κ1) is 65.7. The van der Waals surface area contributed by atoms with Gasteiger partial charge in [-0.25, -0.2) is 0 Å². The Morgan fingerprint density at radius 1 is 0.731 bits per heavy atom. The average Bonchev–Trinajstić information content (AvgIpc) is 3.51. The van der Waals surface area contributed by atoms with Gasteiger partial charge in [0.05, 0.1) is 77.8 Å². The molecular weight excluding hydrogens is 1060 g/mol. The number of rotatable bonds is 29. The van der Waals surface area contributed by atoms with Crippen molar-refractivity contribution in [3.05, 3.63) is 113 Å². The van der Waals surface area contributed by atoms with E-state index in [1.807, 2.05) is 78.9 Å². The third kappa shape index (κ3) is 18.0. The monoisotopic (exact) mass is 1160 g/mol. The van der Waals surface area contributed by atoms with Gasteiger partial charge in [-0.1, -0.05) is 116 Å². The van der Waals surface area contributed by atoms with Crippen molar-refractivity contribution in [3.8, 4) is 17.2 Å². The Morgan fingerprint density at radius 3 is 1.69 bits per heavy atom. The highest BCUT2D eigenvalue weighted by atomic mass is 35.5. The molecule has 0 radical (unpaired) electrons. The lowest BCUT2D eigenvalue weighted by Crippen LogP contribution is -2.67. The first-order valence-electron chi connectivity index (χ1n) is 27.8. The number of allylic oxidation sites excluding steroid dienone is 2. The number of halogens is 2. The second-order valence-electron chi connectivity index (χ2n) is 24.3. The van der Waals surface area contributed by atoms with Crippen LogP contribution in [0, 0.1) is 11.8 Å². The summed E-state index contributed by atoms with van der Waals surface area (Å²) in [6, 6.07) is 23.4. The molecule has 0 unspecified atom stereocenters. The van der Waals surface area contributed by atoms with Gasteiger partial charge in [-0.05, 0) is 115 Å². The maximum Gasteiger partial charge on any atom is 0.199 e. The largest absolute Gasteiger partial charge is 0.497 e. The number of carbonyl (C=O) groups excluding carboxylic acids is 1. The molecule has 2 saturated heterocycles. The highest BCUT2D eigenvalue weighted by Crippen LogP contribution is 2.48. The molecule has 0 spiro atoms. The minimum Gasteiger partial charge on any atom is -0.497 e. The molecule has 3 aromatic carbocycles. The molecule has 0 N–H and O–H groups in total. The van der Waals surface area contributed by atoms with Gasteiger partial charge in [-0.15, -0.1) is 11.6 Å². The minimum atomic E-state index is -2.39. The molecule has 2 fully saturated rings. The standard InChI is InChI=1S/C62H94Cl2O12Si2/c1-42(64)21-28-52(75-77(14,15)60(4,5)6)36-48(65)37-54-58(71-40-46-24-31-50(67-11)32-25-46)56(70-39-45-22-29-49(66-10)30-23-45)44(3)57(73-54)59(72-41-47-26-33-51(68-12)34-27-47)62(69-13)38-55(76-78(16,17)61(7,8)9)43(2)53(74-62)20-18-19-35-63/h21-34,43-44,52-59H,1,18-20,35-41H2,2-17H3/b28-21+/t43-,44+,52+,53+,54+,55-,56+,57+,58+,59-,62+/m0/s1. The van der Waals surface area contributed by atoms with E-state index in [-0.39, 0.29) is 66.6 Å².